The Morgan fingerprint density at radius 2 is 1.95 bits per heavy atom. The molecule has 0 saturated carbocycles. The summed E-state index contributed by atoms with van der Waals surface area (Å²) in [5.74, 6) is 0. The molecular weight excluding hydrogens is 303 g/mol. The van der Waals surface area contributed by atoms with E-state index in [2.05, 4.69) is 5.10 Å². The first-order valence-electron chi connectivity index (χ1n) is 5.72. The lowest BCUT2D eigenvalue weighted by Gasteiger charge is -2.04. The number of thiocarbonyl (C=S) groups is 1. The van der Waals surface area contributed by atoms with Gasteiger partial charge in [0, 0.05) is 5.02 Å². The van der Waals surface area contributed by atoms with Gasteiger partial charge >= 0.3 is 0 Å². The molecule has 0 radical (unpaired) electrons. The standard InChI is InChI=1S/C13H12Cl2N2OS/c1-3-18-13(19)12-11(15)8(2)17(16-12)10-6-4-9(14)5-7-10/h4-7H,3H2,1-2H3. The molecule has 0 atom stereocenters. The summed E-state index contributed by atoms with van der Waals surface area (Å²) in [5, 5.41) is 5.89. The van der Waals surface area contributed by atoms with Crippen molar-refractivity contribution in [2.45, 2.75) is 13.8 Å². The second kappa shape index (κ2) is 5.90. The third-order valence-corrected chi connectivity index (χ3v) is 3.60. The van der Waals surface area contributed by atoms with Gasteiger partial charge in [-0.05, 0) is 50.3 Å². The Morgan fingerprint density at radius 3 is 2.53 bits per heavy atom. The minimum Gasteiger partial charge on any atom is -0.482 e. The normalized spacial score (nSPS) is 10.5. The van der Waals surface area contributed by atoms with Crippen LogP contribution in [0.5, 0.6) is 0 Å². The molecule has 0 spiro atoms. The van der Waals surface area contributed by atoms with Crippen LogP contribution in [0.3, 0.4) is 0 Å². The van der Waals surface area contributed by atoms with E-state index in [9.17, 15) is 0 Å². The highest BCUT2D eigenvalue weighted by Gasteiger charge is 2.18. The number of rotatable bonds is 3. The number of benzene rings is 1. The van der Waals surface area contributed by atoms with Gasteiger partial charge in [0.15, 0.2) is 5.69 Å². The average molecular weight is 315 g/mol. The molecule has 0 fully saturated rings. The van der Waals surface area contributed by atoms with E-state index >= 15 is 0 Å². The maximum absolute atomic E-state index is 6.25. The predicted molar refractivity (Wildman–Crippen MR) is 81.6 cm³/mol. The highest BCUT2D eigenvalue weighted by atomic mass is 35.5. The van der Waals surface area contributed by atoms with Crippen LogP contribution >= 0.6 is 35.4 Å². The Hall–Kier alpha value is -1.10. The highest BCUT2D eigenvalue weighted by Crippen LogP contribution is 2.24. The third kappa shape index (κ3) is 2.91. The number of hydrogen-bond donors (Lipinski definition) is 0. The van der Waals surface area contributed by atoms with Crippen molar-refractivity contribution < 1.29 is 4.74 Å². The molecule has 6 heteroatoms. The van der Waals surface area contributed by atoms with Crippen molar-refractivity contribution in [2.24, 2.45) is 0 Å². The molecule has 2 aromatic rings. The van der Waals surface area contributed by atoms with Gasteiger partial charge in [-0.15, -0.1) is 0 Å². The van der Waals surface area contributed by atoms with Crippen molar-refractivity contribution in [2.75, 3.05) is 6.61 Å². The fraction of sp³-hybridized carbons (Fsp3) is 0.231. The van der Waals surface area contributed by atoms with Crippen LogP contribution in [-0.2, 0) is 4.74 Å². The second-order valence-corrected chi connectivity index (χ2v) is 5.04. The molecular formula is C13H12Cl2N2OS. The van der Waals surface area contributed by atoms with E-state index in [1.54, 1.807) is 16.8 Å². The van der Waals surface area contributed by atoms with Crippen LogP contribution in [0.1, 0.15) is 18.3 Å². The van der Waals surface area contributed by atoms with E-state index < -0.39 is 0 Å². The zero-order chi connectivity index (χ0) is 14.0. The smallest absolute Gasteiger partial charge is 0.213 e. The largest absolute Gasteiger partial charge is 0.482 e. The van der Waals surface area contributed by atoms with Crippen molar-refractivity contribution in [1.82, 2.24) is 9.78 Å². The Bertz CT molecular complexity index is 608. The zero-order valence-corrected chi connectivity index (χ0v) is 12.8. The molecule has 0 aliphatic rings. The van der Waals surface area contributed by atoms with Gasteiger partial charge in [0.2, 0.25) is 5.05 Å². The third-order valence-electron chi connectivity index (χ3n) is 2.58. The molecule has 0 aliphatic carbocycles. The van der Waals surface area contributed by atoms with Gasteiger partial charge in [-0.3, -0.25) is 0 Å². The number of ether oxygens (including phenoxy) is 1. The molecule has 0 aliphatic heterocycles. The van der Waals surface area contributed by atoms with Crippen molar-refractivity contribution in [3.05, 3.63) is 45.7 Å². The van der Waals surface area contributed by atoms with Crippen molar-refractivity contribution in [1.29, 1.82) is 0 Å². The molecule has 0 bridgehead atoms. The minimum absolute atomic E-state index is 0.309. The zero-order valence-electron chi connectivity index (χ0n) is 10.5. The fourth-order valence-electron chi connectivity index (χ4n) is 1.65. The maximum Gasteiger partial charge on any atom is 0.213 e. The van der Waals surface area contributed by atoms with E-state index in [0.717, 1.165) is 11.4 Å². The number of hydrogen-bond acceptors (Lipinski definition) is 3. The lowest BCUT2D eigenvalue weighted by Crippen LogP contribution is -2.06. The molecule has 100 valence electrons. The van der Waals surface area contributed by atoms with Gasteiger partial charge in [-0.25, -0.2) is 4.68 Å². The van der Waals surface area contributed by atoms with Gasteiger partial charge in [-0.1, -0.05) is 23.2 Å². The quantitative estimate of drug-likeness (QED) is 0.794. The van der Waals surface area contributed by atoms with E-state index in [4.69, 9.17) is 40.2 Å². The van der Waals surface area contributed by atoms with Gasteiger partial charge in [0.25, 0.3) is 0 Å². The first kappa shape index (κ1) is 14.3. The molecule has 2 rings (SSSR count). The maximum atomic E-state index is 6.25. The Labute approximate surface area is 127 Å². The van der Waals surface area contributed by atoms with E-state index in [1.165, 1.54) is 0 Å². The summed E-state index contributed by atoms with van der Waals surface area (Å²) < 4.78 is 7.00. The second-order valence-electron chi connectivity index (χ2n) is 3.86. The summed E-state index contributed by atoms with van der Waals surface area (Å²) in [5.41, 5.74) is 2.17. The van der Waals surface area contributed by atoms with Crippen molar-refractivity contribution >= 4 is 40.5 Å². The Morgan fingerprint density at radius 1 is 1.32 bits per heavy atom. The summed E-state index contributed by atoms with van der Waals surface area (Å²) in [7, 11) is 0. The van der Waals surface area contributed by atoms with Gasteiger partial charge < -0.3 is 4.74 Å². The van der Waals surface area contributed by atoms with Gasteiger partial charge in [0.05, 0.1) is 23.0 Å². The van der Waals surface area contributed by atoms with Crippen LogP contribution in [0.25, 0.3) is 5.69 Å². The van der Waals surface area contributed by atoms with E-state index in [-0.39, 0.29) is 0 Å². The minimum atomic E-state index is 0.309. The summed E-state index contributed by atoms with van der Waals surface area (Å²) in [6.45, 7) is 4.23. The predicted octanol–water partition coefficient (Wildman–Crippen LogP) is 4.20. The van der Waals surface area contributed by atoms with Crippen molar-refractivity contribution in [3.63, 3.8) is 0 Å². The SMILES string of the molecule is CCOC(=S)c1nn(-c2ccc(Cl)cc2)c(C)c1Cl. The molecule has 3 nitrogen and oxygen atoms in total. The Balaban J connectivity index is 2.45. The molecule has 0 saturated heterocycles. The molecule has 0 N–H and O–H groups in total. The highest BCUT2D eigenvalue weighted by molar-refractivity contribution is 7.80. The van der Waals surface area contributed by atoms with Gasteiger partial charge in [-0.2, -0.15) is 5.10 Å². The average Bonchev–Trinajstić information content (AvgIpc) is 2.68. The Kier molecular flexibility index (Phi) is 4.45. The molecule has 0 amide bonds. The summed E-state index contributed by atoms with van der Waals surface area (Å²) in [4.78, 5) is 0. The molecule has 1 heterocycles. The van der Waals surface area contributed by atoms with Crippen LogP contribution < -0.4 is 0 Å². The molecule has 1 aromatic heterocycles. The summed E-state index contributed by atoms with van der Waals surface area (Å²) in [6.07, 6.45) is 0. The molecule has 1 aromatic carbocycles. The fourth-order valence-corrected chi connectivity index (χ4v) is 2.29. The topological polar surface area (TPSA) is 27.1 Å². The number of aromatic nitrogens is 2. The van der Waals surface area contributed by atoms with Crippen LogP contribution in [0.4, 0.5) is 0 Å². The summed E-state index contributed by atoms with van der Waals surface area (Å²) in [6, 6.07) is 7.33. The lowest BCUT2D eigenvalue weighted by atomic mass is 10.3. The number of halogens is 2. The lowest BCUT2D eigenvalue weighted by molar-refractivity contribution is 0.336. The number of nitrogens with zero attached hydrogens (tertiary/aromatic N) is 2. The van der Waals surface area contributed by atoms with Crippen LogP contribution in [0, 0.1) is 6.92 Å². The van der Waals surface area contributed by atoms with Crippen LogP contribution in [0.2, 0.25) is 10.0 Å². The molecule has 19 heavy (non-hydrogen) atoms. The first-order valence-corrected chi connectivity index (χ1v) is 6.89. The van der Waals surface area contributed by atoms with Crippen LogP contribution in [0.15, 0.2) is 24.3 Å². The monoisotopic (exact) mass is 314 g/mol. The van der Waals surface area contributed by atoms with E-state index in [1.807, 2.05) is 26.0 Å². The van der Waals surface area contributed by atoms with Crippen molar-refractivity contribution in [3.8, 4) is 5.69 Å². The first-order chi connectivity index (χ1) is 9.04. The summed E-state index contributed by atoms with van der Waals surface area (Å²) >= 11 is 17.3. The van der Waals surface area contributed by atoms with E-state index in [0.29, 0.717) is 27.4 Å². The van der Waals surface area contributed by atoms with Crippen LogP contribution in [-0.4, -0.2) is 21.4 Å². The van der Waals surface area contributed by atoms with Gasteiger partial charge in [0.1, 0.15) is 0 Å². The molecule has 0 unspecified atom stereocenters.